The fourth-order valence-electron chi connectivity index (χ4n) is 1.60. The van der Waals surface area contributed by atoms with Gasteiger partial charge in [0.2, 0.25) is 0 Å². The molecule has 0 fully saturated rings. The summed E-state index contributed by atoms with van der Waals surface area (Å²) >= 11 is 0.558. The third kappa shape index (κ3) is 4.36. The first-order chi connectivity index (χ1) is 9.15. The Bertz CT molecular complexity index is 487. The summed E-state index contributed by atoms with van der Waals surface area (Å²) in [6, 6.07) is 3.59. The maximum atomic E-state index is 12.0. The molecule has 0 aliphatic rings. The van der Waals surface area contributed by atoms with Gasteiger partial charge in [0.05, 0.1) is 18.3 Å². The second-order valence-electron chi connectivity index (χ2n) is 4.02. The topological polar surface area (TPSA) is 53.9 Å². The zero-order valence-electron chi connectivity index (χ0n) is 10.4. The average molecular weight is 287 g/mol. The zero-order valence-corrected chi connectivity index (χ0v) is 11.2. The van der Waals surface area contributed by atoms with E-state index in [0.717, 1.165) is 11.6 Å². The van der Waals surface area contributed by atoms with Crippen LogP contribution in [0.1, 0.15) is 30.3 Å². The second kappa shape index (κ2) is 6.72. The van der Waals surface area contributed by atoms with E-state index in [2.05, 4.69) is 15.3 Å². The third-order valence-corrected chi connectivity index (χ3v) is 3.28. The number of hydrogen-bond acceptors (Lipinski definition) is 4. The highest BCUT2D eigenvalue weighted by Gasteiger charge is 2.10. The summed E-state index contributed by atoms with van der Waals surface area (Å²) in [6.45, 7) is 2.51. The molecule has 2 aromatic rings. The van der Waals surface area contributed by atoms with E-state index in [1.165, 1.54) is 0 Å². The predicted octanol–water partition coefficient (Wildman–Crippen LogP) is 3.31. The van der Waals surface area contributed by atoms with E-state index >= 15 is 0 Å². The predicted molar refractivity (Wildman–Crippen MR) is 69.8 cm³/mol. The highest BCUT2D eigenvalue weighted by Crippen LogP contribution is 2.21. The first kappa shape index (κ1) is 14.1. The molecular formula is C12H15F2N3OS. The van der Waals surface area contributed by atoms with Crippen LogP contribution in [0, 0.1) is 0 Å². The van der Waals surface area contributed by atoms with Gasteiger partial charge in [-0.1, -0.05) is 11.8 Å². The fourth-order valence-corrected chi connectivity index (χ4v) is 2.05. The third-order valence-electron chi connectivity index (χ3n) is 2.58. The summed E-state index contributed by atoms with van der Waals surface area (Å²) in [5.41, 5.74) is 0. The van der Waals surface area contributed by atoms with Gasteiger partial charge < -0.3 is 14.7 Å². The van der Waals surface area contributed by atoms with E-state index in [-0.39, 0.29) is 11.8 Å². The van der Waals surface area contributed by atoms with Gasteiger partial charge in [0, 0.05) is 12.4 Å². The van der Waals surface area contributed by atoms with Gasteiger partial charge in [0.1, 0.15) is 17.3 Å². The summed E-state index contributed by atoms with van der Waals surface area (Å²) in [6.07, 6.45) is 3.46. The SMILES string of the molecule is CC(NCc1ccc(CSC(F)F)o1)c1ncc[nH]1. The molecule has 0 amide bonds. The van der Waals surface area contributed by atoms with Gasteiger partial charge in [-0.05, 0) is 19.1 Å². The lowest BCUT2D eigenvalue weighted by Crippen LogP contribution is -2.18. The van der Waals surface area contributed by atoms with Gasteiger partial charge in [-0.2, -0.15) is 8.78 Å². The minimum atomic E-state index is -2.37. The highest BCUT2D eigenvalue weighted by molar-refractivity contribution is 7.98. The van der Waals surface area contributed by atoms with Gasteiger partial charge in [-0.15, -0.1) is 0 Å². The maximum Gasteiger partial charge on any atom is 0.284 e. The molecule has 7 heteroatoms. The standard InChI is InChI=1S/C12H15F2N3OS/c1-8(11-15-4-5-16-11)17-6-9-2-3-10(18-9)7-19-12(13)14/h2-5,8,12,17H,6-7H2,1H3,(H,15,16). The molecule has 0 aromatic carbocycles. The second-order valence-corrected chi connectivity index (χ2v) is 5.00. The molecular weight excluding hydrogens is 272 g/mol. The van der Waals surface area contributed by atoms with Crippen molar-refractivity contribution in [2.45, 2.75) is 31.0 Å². The van der Waals surface area contributed by atoms with E-state index in [1.807, 2.05) is 6.92 Å². The van der Waals surface area contributed by atoms with Gasteiger partial charge in [-0.25, -0.2) is 4.98 Å². The minimum absolute atomic E-state index is 0.0685. The van der Waals surface area contributed by atoms with Crippen LogP contribution in [0.15, 0.2) is 28.9 Å². The van der Waals surface area contributed by atoms with Crippen molar-refractivity contribution in [2.75, 3.05) is 0 Å². The van der Waals surface area contributed by atoms with Crippen molar-refractivity contribution in [3.8, 4) is 0 Å². The lowest BCUT2D eigenvalue weighted by atomic mass is 10.3. The number of furan rings is 1. The number of hydrogen-bond donors (Lipinski definition) is 2. The minimum Gasteiger partial charge on any atom is -0.464 e. The zero-order chi connectivity index (χ0) is 13.7. The summed E-state index contributed by atoms with van der Waals surface area (Å²) < 4.78 is 29.5. The van der Waals surface area contributed by atoms with E-state index < -0.39 is 5.76 Å². The van der Waals surface area contributed by atoms with E-state index in [1.54, 1.807) is 24.5 Å². The number of thioether (sulfide) groups is 1. The molecule has 2 aromatic heterocycles. The number of imidazole rings is 1. The van der Waals surface area contributed by atoms with Crippen molar-refractivity contribution in [1.29, 1.82) is 0 Å². The molecule has 104 valence electrons. The van der Waals surface area contributed by atoms with Crippen LogP contribution >= 0.6 is 11.8 Å². The number of aromatic nitrogens is 2. The van der Waals surface area contributed by atoms with Crippen LogP contribution in [0.2, 0.25) is 0 Å². The van der Waals surface area contributed by atoms with Crippen molar-refractivity contribution in [3.05, 3.63) is 41.9 Å². The molecule has 0 bridgehead atoms. The summed E-state index contributed by atoms with van der Waals surface area (Å²) in [5, 5.41) is 3.24. The largest absolute Gasteiger partial charge is 0.464 e. The van der Waals surface area contributed by atoms with Crippen LogP contribution in [0.3, 0.4) is 0 Å². The number of H-pyrrole nitrogens is 1. The molecule has 2 N–H and O–H groups in total. The van der Waals surface area contributed by atoms with Crippen LogP contribution in [0.4, 0.5) is 8.78 Å². The van der Waals surface area contributed by atoms with Crippen LogP contribution in [-0.2, 0) is 12.3 Å². The smallest absolute Gasteiger partial charge is 0.284 e. The van der Waals surface area contributed by atoms with Gasteiger partial charge >= 0.3 is 0 Å². The van der Waals surface area contributed by atoms with Crippen LogP contribution in [0.25, 0.3) is 0 Å². The normalized spacial score (nSPS) is 13.1. The molecule has 0 aliphatic carbocycles. The lowest BCUT2D eigenvalue weighted by molar-refractivity contribution is 0.251. The van der Waals surface area contributed by atoms with Crippen LogP contribution < -0.4 is 5.32 Å². The number of rotatable bonds is 7. The Labute approximate surface area is 114 Å². The monoisotopic (exact) mass is 287 g/mol. The van der Waals surface area contributed by atoms with E-state index in [0.29, 0.717) is 24.1 Å². The molecule has 0 radical (unpaired) electrons. The Hall–Kier alpha value is -1.34. The summed E-state index contributed by atoms with van der Waals surface area (Å²) in [7, 11) is 0. The number of nitrogens with zero attached hydrogens (tertiary/aromatic N) is 1. The number of nitrogens with one attached hydrogen (secondary N) is 2. The maximum absolute atomic E-state index is 12.0. The Morgan fingerprint density at radius 1 is 1.42 bits per heavy atom. The van der Waals surface area contributed by atoms with Gasteiger partial charge in [0.25, 0.3) is 5.76 Å². The average Bonchev–Trinajstić information content (AvgIpc) is 3.04. The van der Waals surface area contributed by atoms with Crippen molar-refractivity contribution < 1.29 is 13.2 Å². The molecule has 2 heterocycles. The molecule has 1 unspecified atom stereocenters. The molecule has 0 saturated heterocycles. The molecule has 19 heavy (non-hydrogen) atoms. The van der Waals surface area contributed by atoms with E-state index in [9.17, 15) is 8.78 Å². The van der Waals surface area contributed by atoms with Crippen molar-refractivity contribution >= 4 is 11.8 Å². The Balaban J connectivity index is 1.80. The quantitative estimate of drug-likeness (QED) is 0.820. The first-order valence-electron chi connectivity index (χ1n) is 5.85. The van der Waals surface area contributed by atoms with Crippen molar-refractivity contribution in [3.63, 3.8) is 0 Å². The van der Waals surface area contributed by atoms with Gasteiger partial charge in [-0.3, -0.25) is 0 Å². The summed E-state index contributed by atoms with van der Waals surface area (Å²) in [5.74, 6) is -0.0486. The number of aromatic amines is 1. The lowest BCUT2D eigenvalue weighted by Gasteiger charge is -2.09. The number of halogens is 2. The molecule has 0 aliphatic heterocycles. The van der Waals surface area contributed by atoms with Gasteiger partial charge in [0.15, 0.2) is 0 Å². The Kier molecular flexibility index (Phi) is 4.98. The van der Waals surface area contributed by atoms with Crippen LogP contribution in [-0.4, -0.2) is 15.7 Å². The molecule has 0 spiro atoms. The fraction of sp³-hybridized carbons (Fsp3) is 0.417. The van der Waals surface area contributed by atoms with E-state index in [4.69, 9.17) is 4.42 Å². The Morgan fingerprint density at radius 3 is 2.89 bits per heavy atom. The molecule has 1 atom stereocenters. The summed E-state index contributed by atoms with van der Waals surface area (Å²) in [4.78, 5) is 7.17. The number of alkyl halides is 2. The van der Waals surface area contributed by atoms with Crippen molar-refractivity contribution in [1.82, 2.24) is 15.3 Å². The molecule has 0 saturated carbocycles. The highest BCUT2D eigenvalue weighted by atomic mass is 32.2. The van der Waals surface area contributed by atoms with Crippen molar-refractivity contribution in [2.24, 2.45) is 0 Å². The van der Waals surface area contributed by atoms with Crippen LogP contribution in [0.5, 0.6) is 0 Å². The Morgan fingerprint density at radius 2 is 2.21 bits per heavy atom. The molecule has 2 rings (SSSR count). The first-order valence-corrected chi connectivity index (χ1v) is 6.90. The molecule has 4 nitrogen and oxygen atoms in total.